The van der Waals surface area contributed by atoms with Crippen LogP contribution in [-0.4, -0.2) is 30.8 Å². The van der Waals surface area contributed by atoms with E-state index in [1.54, 1.807) is 0 Å². The maximum absolute atomic E-state index is 12.8. The molecule has 20 heavy (non-hydrogen) atoms. The van der Waals surface area contributed by atoms with E-state index in [0.717, 1.165) is 12.5 Å². The first-order valence-electron chi connectivity index (χ1n) is 6.52. The number of aliphatic hydroxyl groups is 1. The van der Waals surface area contributed by atoms with Crippen LogP contribution in [0.15, 0.2) is 18.2 Å². The Labute approximate surface area is 122 Å². The van der Waals surface area contributed by atoms with Crippen LogP contribution in [0.4, 0.5) is 4.39 Å². The van der Waals surface area contributed by atoms with Gasteiger partial charge in [0.2, 0.25) is 0 Å². The number of rotatable bonds is 8. The van der Waals surface area contributed by atoms with Crippen LogP contribution < -0.4 is 10.1 Å². The van der Waals surface area contributed by atoms with Gasteiger partial charge >= 0.3 is 0 Å². The topological polar surface area (TPSA) is 58.6 Å². The molecular formula is C14H19ClFNO3. The first-order valence-corrected chi connectivity index (χ1v) is 6.90. The summed E-state index contributed by atoms with van der Waals surface area (Å²) < 4.78 is 18.0. The second-order valence-electron chi connectivity index (χ2n) is 4.45. The summed E-state index contributed by atoms with van der Waals surface area (Å²) in [6.45, 7) is 2.43. The highest BCUT2D eigenvalue weighted by molar-refractivity contribution is 6.32. The second-order valence-corrected chi connectivity index (χ2v) is 4.86. The lowest BCUT2D eigenvalue weighted by atomic mass is 10.0. The Bertz CT molecular complexity index is 442. The predicted octanol–water partition coefficient (Wildman–Crippen LogP) is 2.38. The van der Waals surface area contributed by atoms with Crippen LogP contribution in [0.5, 0.6) is 5.75 Å². The van der Waals surface area contributed by atoms with Crippen molar-refractivity contribution in [2.45, 2.75) is 19.8 Å². The number of carbonyl (C=O) groups excluding carboxylic acids is 1. The number of halogens is 2. The summed E-state index contributed by atoms with van der Waals surface area (Å²) in [6, 6.07) is 3.72. The number of amides is 1. The second kappa shape index (κ2) is 8.76. The first-order chi connectivity index (χ1) is 9.56. The van der Waals surface area contributed by atoms with Crippen molar-refractivity contribution in [3.05, 3.63) is 29.0 Å². The zero-order valence-corrected chi connectivity index (χ0v) is 12.1. The van der Waals surface area contributed by atoms with Crippen molar-refractivity contribution in [3.8, 4) is 5.75 Å². The summed E-state index contributed by atoms with van der Waals surface area (Å²) in [4.78, 5) is 11.6. The molecule has 1 aromatic rings. The summed E-state index contributed by atoms with van der Waals surface area (Å²) >= 11 is 5.78. The Kier molecular flexibility index (Phi) is 7.33. The minimum atomic E-state index is -0.457. The molecule has 0 saturated carbocycles. The van der Waals surface area contributed by atoms with Gasteiger partial charge < -0.3 is 15.2 Å². The molecule has 2 N–H and O–H groups in total. The number of ether oxygens (including phenoxy) is 1. The fourth-order valence-corrected chi connectivity index (χ4v) is 1.90. The molecule has 0 aliphatic heterocycles. The number of carbonyl (C=O) groups is 1. The van der Waals surface area contributed by atoms with Crippen molar-refractivity contribution in [1.29, 1.82) is 0 Å². The molecule has 1 aromatic carbocycles. The average molecular weight is 304 g/mol. The van der Waals surface area contributed by atoms with E-state index in [0.29, 0.717) is 13.0 Å². The number of hydrogen-bond donors (Lipinski definition) is 2. The van der Waals surface area contributed by atoms with Crippen molar-refractivity contribution in [3.63, 3.8) is 0 Å². The van der Waals surface area contributed by atoms with Crippen LogP contribution in [0.1, 0.15) is 19.8 Å². The Morgan fingerprint density at radius 1 is 1.55 bits per heavy atom. The molecule has 6 heteroatoms. The fraction of sp³-hybridized carbons (Fsp3) is 0.500. The Hall–Kier alpha value is -1.33. The largest absolute Gasteiger partial charge is 0.482 e. The highest BCUT2D eigenvalue weighted by Crippen LogP contribution is 2.24. The maximum atomic E-state index is 12.8. The maximum Gasteiger partial charge on any atom is 0.257 e. The summed E-state index contributed by atoms with van der Waals surface area (Å²) in [6.07, 6.45) is 1.53. The SMILES string of the molecule is CCC(CCO)CNC(=O)COc1ccc(F)cc1Cl. The Balaban J connectivity index is 2.36. The lowest BCUT2D eigenvalue weighted by Gasteiger charge is -2.14. The zero-order valence-electron chi connectivity index (χ0n) is 11.4. The van der Waals surface area contributed by atoms with Gasteiger partial charge in [-0.15, -0.1) is 0 Å². The van der Waals surface area contributed by atoms with E-state index in [1.165, 1.54) is 12.1 Å². The lowest BCUT2D eigenvalue weighted by Crippen LogP contribution is -2.33. The molecule has 0 fully saturated rings. The number of aliphatic hydroxyl groups excluding tert-OH is 1. The fourth-order valence-electron chi connectivity index (χ4n) is 1.68. The van der Waals surface area contributed by atoms with Crippen molar-refractivity contribution in [2.24, 2.45) is 5.92 Å². The molecule has 1 rings (SSSR count). The minimum absolute atomic E-state index is 0.107. The van der Waals surface area contributed by atoms with Crippen LogP contribution in [0, 0.1) is 11.7 Å². The first kappa shape index (κ1) is 16.7. The van der Waals surface area contributed by atoms with E-state index in [1.807, 2.05) is 6.92 Å². The summed E-state index contributed by atoms with van der Waals surface area (Å²) in [5, 5.41) is 11.7. The molecule has 0 bridgehead atoms. The molecule has 0 saturated heterocycles. The number of hydrogen-bond acceptors (Lipinski definition) is 3. The van der Waals surface area contributed by atoms with E-state index < -0.39 is 5.82 Å². The molecule has 1 unspecified atom stereocenters. The van der Waals surface area contributed by atoms with E-state index in [9.17, 15) is 9.18 Å². The minimum Gasteiger partial charge on any atom is -0.482 e. The van der Waals surface area contributed by atoms with Crippen molar-refractivity contribution >= 4 is 17.5 Å². The lowest BCUT2D eigenvalue weighted by molar-refractivity contribution is -0.123. The highest BCUT2D eigenvalue weighted by atomic mass is 35.5. The normalized spacial score (nSPS) is 12.0. The third-order valence-electron chi connectivity index (χ3n) is 2.96. The van der Waals surface area contributed by atoms with Gasteiger partial charge in [-0.3, -0.25) is 4.79 Å². The van der Waals surface area contributed by atoms with E-state index in [4.69, 9.17) is 21.4 Å². The molecular weight excluding hydrogens is 285 g/mol. The monoisotopic (exact) mass is 303 g/mol. The average Bonchev–Trinajstić information content (AvgIpc) is 2.42. The van der Waals surface area contributed by atoms with Crippen LogP contribution in [-0.2, 0) is 4.79 Å². The van der Waals surface area contributed by atoms with Crippen molar-refractivity contribution in [2.75, 3.05) is 19.8 Å². The van der Waals surface area contributed by atoms with Crippen LogP contribution in [0.25, 0.3) is 0 Å². The molecule has 112 valence electrons. The Morgan fingerprint density at radius 2 is 2.30 bits per heavy atom. The molecule has 1 atom stereocenters. The molecule has 0 radical (unpaired) electrons. The van der Waals surface area contributed by atoms with Gasteiger partial charge in [-0.2, -0.15) is 0 Å². The molecule has 0 aliphatic rings. The third-order valence-corrected chi connectivity index (χ3v) is 3.25. The highest BCUT2D eigenvalue weighted by Gasteiger charge is 2.10. The molecule has 0 aromatic heterocycles. The van der Waals surface area contributed by atoms with Crippen LogP contribution in [0.2, 0.25) is 5.02 Å². The van der Waals surface area contributed by atoms with Crippen LogP contribution >= 0.6 is 11.6 Å². The smallest absolute Gasteiger partial charge is 0.257 e. The van der Waals surface area contributed by atoms with Gasteiger partial charge in [-0.1, -0.05) is 24.9 Å². The molecule has 0 spiro atoms. The Morgan fingerprint density at radius 3 is 2.90 bits per heavy atom. The summed E-state index contributed by atoms with van der Waals surface area (Å²) in [5.74, 6) is -0.215. The van der Waals surface area contributed by atoms with E-state index in [-0.39, 0.29) is 35.8 Å². The number of benzene rings is 1. The van der Waals surface area contributed by atoms with E-state index >= 15 is 0 Å². The van der Waals surface area contributed by atoms with Gasteiger partial charge in [0, 0.05) is 13.2 Å². The molecule has 4 nitrogen and oxygen atoms in total. The standard InChI is InChI=1S/C14H19ClFNO3/c1-2-10(5-6-18)8-17-14(19)9-20-13-4-3-11(16)7-12(13)15/h3-4,7,10,18H,2,5-6,8-9H2,1H3,(H,17,19). The van der Waals surface area contributed by atoms with Gasteiger partial charge in [0.1, 0.15) is 11.6 Å². The van der Waals surface area contributed by atoms with Crippen molar-refractivity contribution in [1.82, 2.24) is 5.32 Å². The zero-order chi connectivity index (χ0) is 15.0. The van der Waals surface area contributed by atoms with Gasteiger partial charge in [0.05, 0.1) is 5.02 Å². The van der Waals surface area contributed by atoms with Gasteiger partial charge in [0.15, 0.2) is 6.61 Å². The molecule has 1 amide bonds. The van der Waals surface area contributed by atoms with Gasteiger partial charge in [0.25, 0.3) is 5.91 Å². The predicted molar refractivity (Wildman–Crippen MR) is 75.4 cm³/mol. The van der Waals surface area contributed by atoms with Gasteiger partial charge in [-0.25, -0.2) is 4.39 Å². The molecule has 0 heterocycles. The quantitative estimate of drug-likeness (QED) is 0.775. The summed E-state index contributed by atoms with van der Waals surface area (Å²) in [5.41, 5.74) is 0. The van der Waals surface area contributed by atoms with Crippen LogP contribution in [0.3, 0.4) is 0 Å². The molecule has 0 aliphatic carbocycles. The van der Waals surface area contributed by atoms with Gasteiger partial charge in [-0.05, 0) is 30.5 Å². The van der Waals surface area contributed by atoms with E-state index in [2.05, 4.69) is 5.32 Å². The van der Waals surface area contributed by atoms with Crippen molar-refractivity contribution < 1.29 is 19.0 Å². The number of nitrogens with one attached hydrogen (secondary N) is 1. The summed E-state index contributed by atoms with van der Waals surface area (Å²) in [7, 11) is 0. The third kappa shape index (κ3) is 5.75.